The fourth-order valence-electron chi connectivity index (χ4n) is 0. The number of hydrogen-bond acceptors (Lipinski definition) is 1. The van der Waals surface area contributed by atoms with Crippen molar-refractivity contribution in [2.45, 2.75) is 0 Å². The summed E-state index contributed by atoms with van der Waals surface area (Å²) in [6, 6.07) is 0. The number of hydrogen-bond donors (Lipinski definition) is 2. The topological polar surface area (TPSA) is 52.0 Å². The van der Waals surface area contributed by atoms with E-state index in [1.165, 1.54) is 0 Å². The van der Waals surface area contributed by atoms with Crippen LogP contribution in [0.4, 0.5) is 0 Å². The Morgan fingerprint density at radius 2 is 1.33 bits per heavy atom. The molecule has 0 aromatic heterocycles. The van der Waals surface area contributed by atoms with E-state index in [4.69, 9.17) is 0 Å². The van der Waals surface area contributed by atoms with E-state index in [1.54, 1.807) is 0 Å². The minimum atomic E-state index is 0. The van der Waals surface area contributed by atoms with Crippen molar-refractivity contribution < 1.29 is 0 Å². The number of thiocarbonyl (C=S) groups is 1. The summed E-state index contributed by atoms with van der Waals surface area (Å²) in [5.74, 6) is 0. The summed E-state index contributed by atoms with van der Waals surface area (Å²) in [7, 11) is 0. The van der Waals surface area contributed by atoms with E-state index in [9.17, 15) is 0 Å². The van der Waals surface area contributed by atoms with Crippen molar-refractivity contribution in [3.05, 3.63) is 0 Å². The van der Waals surface area contributed by atoms with Crippen LogP contribution in [0.1, 0.15) is 0 Å². The van der Waals surface area contributed by atoms with Gasteiger partial charge in [0.25, 0.3) is 0 Å². The molecule has 0 radical (unpaired) electrons. The Balaban J connectivity index is -0.0000000450. The van der Waals surface area contributed by atoms with E-state index in [2.05, 4.69) is 23.7 Å². The van der Waals surface area contributed by atoms with Crippen molar-refractivity contribution in [3.63, 3.8) is 0 Å². The van der Waals surface area contributed by atoms with Gasteiger partial charge in [0.1, 0.15) is 0 Å². The van der Waals surface area contributed by atoms with Gasteiger partial charge >= 0.3 is 25.8 Å². The third-order valence-corrected chi connectivity index (χ3v) is 0. The molecule has 0 bridgehead atoms. The Labute approximate surface area is 66.8 Å². The summed E-state index contributed by atoms with van der Waals surface area (Å²) in [6.45, 7) is 0. The normalized spacial score (nSPS) is 4.00. The summed E-state index contributed by atoms with van der Waals surface area (Å²) in [4.78, 5) is 0. The van der Waals surface area contributed by atoms with Crippen LogP contribution in [0.15, 0.2) is 0 Å². The van der Waals surface area contributed by atoms with Crippen LogP contribution >= 0.6 is 24.6 Å². The quantitative estimate of drug-likeness (QED) is 0.494. The predicted molar refractivity (Wildman–Crippen MR) is 38.2 cm³/mol. The third-order valence-electron chi connectivity index (χ3n) is 0. The minimum absolute atomic E-state index is 0. The van der Waals surface area contributed by atoms with E-state index < -0.39 is 0 Å². The molecule has 0 rings (SSSR count). The second-order valence-electron chi connectivity index (χ2n) is 0.402. The van der Waals surface area contributed by atoms with Gasteiger partial charge in [0.05, 0.1) is 0 Å². The molecule has 4 N–H and O–H groups in total. The Bertz CT molecular complexity index is 36.5. The maximum atomic E-state index is 4.62. The zero-order valence-corrected chi connectivity index (χ0v) is 4.10. The van der Waals surface area contributed by atoms with Gasteiger partial charge in [-0.2, -0.15) is 0 Å². The molecule has 0 aliphatic carbocycles. The molecular weight excluding hydrogens is 222 g/mol. The molecule has 6 heavy (non-hydrogen) atoms. The summed E-state index contributed by atoms with van der Waals surface area (Å²) in [5.41, 5.74) is 9.24. The molecule has 0 atom stereocenters. The van der Waals surface area contributed by atoms with Crippen LogP contribution < -0.4 is 11.5 Å². The fourth-order valence-corrected chi connectivity index (χ4v) is 0. The Morgan fingerprint density at radius 3 is 1.33 bits per heavy atom. The van der Waals surface area contributed by atoms with Crippen molar-refractivity contribution in [3.8, 4) is 0 Å². The van der Waals surface area contributed by atoms with Gasteiger partial charge in [0.2, 0.25) is 0 Å². The van der Waals surface area contributed by atoms with E-state index in [1.807, 2.05) is 0 Å². The molecule has 0 saturated heterocycles. The first kappa shape index (κ1) is 15.8. The molecule has 0 aliphatic heterocycles. The third kappa shape index (κ3) is 99.5. The van der Waals surface area contributed by atoms with E-state index in [0.29, 0.717) is 0 Å². The van der Waals surface area contributed by atoms with Crippen molar-refractivity contribution in [2.75, 3.05) is 0 Å². The first-order valence-corrected chi connectivity index (χ1v) is 1.19. The van der Waals surface area contributed by atoms with Gasteiger partial charge in [0.15, 0.2) is 5.11 Å². The number of nitrogens with two attached hydrogens (primary N) is 2. The first-order valence-electron chi connectivity index (χ1n) is 0.781. The molecule has 0 aromatic carbocycles. The predicted octanol–water partition coefficient (Wildman–Crippen LogP) is -1.57. The van der Waals surface area contributed by atoms with Crippen LogP contribution in [-0.2, 0) is 0 Å². The molecule has 0 spiro atoms. The van der Waals surface area contributed by atoms with Gasteiger partial charge in [-0.15, -0.1) is 12.4 Å². The van der Waals surface area contributed by atoms with E-state index >= 15 is 0 Å². The molecule has 0 aromatic rings. The van der Waals surface area contributed by atoms with Crippen LogP contribution in [0.5, 0.6) is 0 Å². The average Bonchev–Trinajstić information content (AvgIpc) is 0.811. The van der Waals surface area contributed by atoms with Crippen LogP contribution in [0, 0.1) is 0 Å². The second kappa shape index (κ2) is 9.28. The Morgan fingerprint density at radius 1 is 1.33 bits per heavy atom. The SMILES string of the molecule is Cl.NC(N)=S.[InH3]. The summed E-state index contributed by atoms with van der Waals surface area (Å²) in [6.07, 6.45) is 0. The van der Waals surface area contributed by atoms with Crippen LogP contribution in [0.2, 0.25) is 0 Å². The standard InChI is InChI=1S/CH4N2S.ClH.In.3H/c2-1(3)4;;;;;/h(H4,2,3,4);1H;;;;. The molecule has 5 heteroatoms. The molecule has 0 saturated carbocycles. The van der Waals surface area contributed by atoms with E-state index in [-0.39, 0.29) is 43.4 Å². The monoisotopic (exact) mass is 230 g/mol. The molecule has 0 unspecified atom stereocenters. The number of rotatable bonds is 0. The molecule has 38 valence electrons. The van der Waals surface area contributed by atoms with Gasteiger partial charge in [-0.25, -0.2) is 0 Å². The first-order chi connectivity index (χ1) is 1.73. The zero-order chi connectivity index (χ0) is 3.58. The van der Waals surface area contributed by atoms with Crippen molar-refractivity contribution in [1.29, 1.82) is 0 Å². The summed E-state index contributed by atoms with van der Waals surface area (Å²) < 4.78 is 0. The van der Waals surface area contributed by atoms with Crippen molar-refractivity contribution >= 4 is 55.6 Å². The van der Waals surface area contributed by atoms with Gasteiger partial charge in [-0.3, -0.25) is 0 Å². The molecule has 0 fully saturated rings. The van der Waals surface area contributed by atoms with E-state index in [0.717, 1.165) is 0 Å². The van der Waals surface area contributed by atoms with Crippen LogP contribution in [-0.4, -0.2) is 31.0 Å². The Hall–Kier alpha value is 0.850. The second-order valence-corrected chi connectivity index (χ2v) is 0.874. The van der Waals surface area contributed by atoms with Crippen LogP contribution in [0.3, 0.4) is 0 Å². The van der Waals surface area contributed by atoms with Gasteiger partial charge in [-0.1, -0.05) is 0 Å². The summed E-state index contributed by atoms with van der Waals surface area (Å²) >= 11 is 4.09. The van der Waals surface area contributed by atoms with Gasteiger partial charge < -0.3 is 11.5 Å². The average molecular weight is 230 g/mol. The van der Waals surface area contributed by atoms with Crippen molar-refractivity contribution in [1.82, 2.24) is 0 Å². The summed E-state index contributed by atoms with van der Waals surface area (Å²) in [5, 5.41) is 0.000000000000000222. The van der Waals surface area contributed by atoms with Gasteiger partial charge in [0, 0.05) is 0 Å². The molecule has 0 heterocycles. The van der Waals surface area contributed by atoms with Crippen LogP contribution in [0.25, 0.3) is 0 Å². The van der Waals surface area contributed by atoms with Crippen molar-refractivity contribution in [2.24, 2.45) is 11.5 Å². The maximum absolute atomic E-state index is 4.62. The fraction of sp³-hybridized carbons (Fsp3) is 0. The molecule has 2 nitrogen and oxygen atoms in total. The zero-order valence-electron chi connectivity index (χ0n) is 2.47. The Kier molecular flexibility index (Phi) is 24.5. The molecular formula is CH8ClInN2S. The number of halogens is 1. The molecule has 0 aliphatic rings. The molecule has 0 amide bonds. The van der Waals surface area contributed by atoms with Gasteiger partial charge in [-0.05, 0) is 12.2 Å².